The van der Waals surface area contributed by atoms with Crippen LogP contribution in [-0.4, -0.2) is 40.7 Å². The highest BCUT2D eigenvalue weighted by Crippen LogP contribution is 2.18. The first-order valence-electron chi connectivity index (χ1n) is 6.99. The van der Waals surface area contributed by atoms with Gasteiger partial charge >= 0.3 is 6.09 Å². The van der Waals surface area contributed by atoms with E-state index in [1.165, 1.54) is 0 Å². The molecule has 2 heterocycles. The van der Waals surface area contributed by atoms with E-state index in [1.54, 1.807) is 4.90 Å². The number of hydrogen-bond acceptors (Lipinski definition) is 4. The van der Waals surface area contributed by atoms with Crippen molar-refractivity contribution in [3.63, 3.8) is 0 Å². The molecule has 0 radical (unpaired) electrons. The van der Waals surface area contributed by atoms with Crippen LogP contribution in [-0.2, 0) is 4.74 Å². The molecular weight excluding hydrogens is 254 g/mol. The minimum absolute atomic E-state index is 0.232. The number of amides is 1. The van der Waals surface area contributed by atoms with Crippen LogP contribution in [0.2, 0.25) is 0 Å². The quantitative estimate of drug-likeness (QED) is 0.903. The summed E-state index contributed by atoms with van der Waals surface area (Å²) in [4.78, 5) is 17.9. The van der Waals surface area contributed by atoms with E-state index in [2.05, 4.69) is 16.4 Å². The maximum Gasteiger partial charge on any atom is 0.410 e. The van der Waals surface area contributed by atoms with Gasteiger partial charge in [0.25, 0.3) is 0 Å². The van der Waals surface area contributed by atoms with Gasteiger partial charge in [0.05, 0.1) is 5.69 Å². The molecule has 0 spiro atoms. The number of aromatic nitrogens is 1. The zero-order valence-electron chi connectivity index (χ0n) is 12.6. The lowest BCUT2D eigenvalue weighted by atomic mass is 10.2. The molecule has 5 heteroatoms. The number of ether oxygens (including phenoxy) is 1. The Morgan fingerprint density at radius 1 is 1.45 bits per heavy atom. The first kappa shape index (κ1) is 14.6. The fraction of sp³-hybridized carbons (Fsp3) is 0.600. The summed E-state index contributed by atoms with van der Waals surface area (Å²) < 4.78 is 5.39. The van der Waals surface area contributed by atoms with Gasteiger partial charge in [0.15, 0.2) is 0 Å². The van der Waals surface area contributed by atoms with Gasteiger partial charge in [-0.15, -0.1) is 0 Å². The van der Waals surface area contributed by atoms with E-state index in [4.69, 9.17) is 4.74 Å². The molecule has 0 saturated carbocycles. The fourth-order valence-electron chi connectivity index (χ4n) is 2.24. The molecule has 0 aliphatic carbocycles. The lowest BCUT2D eigenvalue weighted by molar-refractivity contribution is 0.0293. The molecule has 1 saturated heterocycles. The third kappa shape index (κ3) is 4.11. The molecular formula is C15H23N3O2. The number of carbonyl (C=O) groups excluding carboxylic acids is 1. The third-order valence-corrected chi connectivity index (χ3v) is 3.09. The van der Waals surface area contributed by atoms with Crippen molar-refractivity contribution in [2.75, 3.05) is 18.4 Å². The van der Waals surface area contributed by atoms with Crippen molar-refractivity contribution in [3.8, 4) is 0 Å². The zero-order chi connectivity index (χ0) is 14.8. The summed E-state index contributed by atoms with van der Waals surface area (Å²) in [5, 5.41) is 3.42. The molecule has 0 bridgehead atoms. The maximum atomic E-state index is 12.0. The summed E-state index contributed by atoms with van der Waals surface area (Å²) >= 11 is 0. The van der Waals surface area contributed by atoms with Gasteiger partial charge in [0, 0.05) is 31.5 Å². The van der Waals surface area contributed by atoms with Gasteiger partial charge in [0.1, 0.15) is 5.60 Å². The van der Waals surface area contributed by atoms with Crippen LogP contribution in [0.1, 0.15) is 32.8 Å². The second kappa shape index (κ2) is 5.69. The van der Waals surface area contributed by atoms with Crippen molar-refractivity contribution >= 4 is 11.8 Å². The van der Waals surface area contributed by atoms with E-state index in [9.17, 15) is 4.79 Å². The summed E-state index contributed by atoms with van der Waals surface area (Å²) in [5.74, 6) is 0. The van der Waals surface area contributed by atoms with Gasteiger partial charge in [-0.3, -0.25) is 4.98 Å². The molecule has 1 aromatic rings. The topological polar surface area (TPSA) is 54.5 Å². The minimum Gasteiger partial charge on any atom is -0.444 e. The molecule has 1 unspecified atom stereocenters. The number of hydrogen-bond donors (Lipinski definition) is 1. The van der Waals surface area contributed by atoms with E-state index in [-0.39, 0.29) is 12.1 Å². The molecule has 110 valence electrons. The first-order chi connectivity index (χ1) is 9.33. The summed E-state index contributed by atoms with van der Waals surface area (Å²) in [6, 6.07) is 2.31. The number of nitrogens with one attached hydrogen (secondary N) is 1. The van der Waals surface area contributed by atoms with Crippen molar-refractivity contribution in [3.05, 3.63) is 24.0 Å². The molecule has 1 atom stereocenters. The van der Waals surface area contributed by atoms with Gasteiger partial charge in [-0.1, -0.05) is 0 Å². The molecule has 1 amide bonds. The number of nitrogens with zero attached hydrogens (tertiary/aromatic N) is 2. The standard InChI is InChI=1S/C15H23N3O2/c1-11-7-13(9-16-8-11)17-12-5-6-18(10-12)14(19)20-15(2,3)4/h7-9,12,17H,5-6,10H2,1-4H3. The number of pyridine rings is 1. The zero-order valence-corrected chi connectivity index (χ0v) is 12.6. The number of carbonyl (C=O) groups is 1. The van der Waals surface area contributed by atoms with Gasteiger partial charge in [0.2, 0.25) is 0 Å². The van der Waals surface area contributed by atoms with Crippen LogP contribution >= 0.6 is 0 Å². The molecule has 1 aromatic heterocycles. The summed E-state index contributed by atoms with van der Waals surface area (Å²) in [7, 11) is 0. The summed E-state index contributed by atoms with van der Waals surface area (Å²) in [6.45, 7) is 9.06. The van der Waals surface area contributed by atoms with Crippen molar-refractivity contribution in [1.82, 2.24) is 9.88 Å². The Morgan fingerprint density at radius 3 is 2.85 bits per heavy atom. The molecule has 0 aromatic carbocycles. The van der Waals surface area contributed by atoms with E-state index >= 15 is 0 Å². The Kier molecular flexibility index (Phi) is 4.16. The number of rotatable bonds is 2. The monoisotopic (exact) mass is 277 g/mol. The molecule has 1 aliphatic heterocycles. The Labute approximate surface area is 120 Å². The van der Waals surface area contributed by atoms with Crippen LogP contribution in [0.3, 0.4) is 0 Å². The van der Waals surface area contributed by atoms with Crippen LogP contribution < -0.4 is 5.32 Å². The van der Waals surface area contributed by atoms with E-state index in [0.29, 0.717) is 6.54 Å². The predicted octanol–water partition coefficient (Wildman–Crippen LogP) is 2.81. The number of likely N-dealkylation sites (tertiary alicyclic amines) is 1. The first-order valence-corrected chi connectivity index (χ1v) is 6.99. The van der Waals surface area contributed by atoms with Crippen molar-refractivity contribution in [1.29, 1.82) is 0 Å². The predicted molar refractivity (Wildman–Crippen MR) is 78.8 cm³/mol. The maximum absolute atomic E-state index is 12.0. The molecule has 5 nitrogen and oxygen atoms in total. The average molecular weight is 277 g/mol. The van der Waals surface area contributed by atoms with Gasteiger partial charge < -0.3 is 15.0 Å². The van der Waals surface area contributed by atoms with Gasteiger partial charge in [-0.05, 0) is 45.7 Å². The Morgan fingerprint density at radius 2 is 2.20 bits per heavy atom. The van der Waals surface area contributed by atoms with Crippen LogP contribution in [0.25, 0.3) is 0 Å². The Balaban J connectivity index is 1.88. The SMILES string of the molecule is Cc1cncc(NC2CCN(C(=O)OC(C)(C)C)C2)c1. The van der Waals surface area contributed by atoms with Crippen molar-refractivity contribution in [2.24, 2.45) is 0 Å². The Bertz CT molecular complexity index is 482. The highest BCUT2D eigenvalue weighted by Gasteiger charge is 2.29. The minimum atomic E-state index is -0.441. The van der Waals surface area contributed by atoms with E-state index in [0.717, 1.165) is 24.2 Å². The number of anilines is 1. The second-order valence-electron chi connectivity index (χ2n) is 6.31. The molecule has 1 aliphatic rings. The third-order valence-electron chi connectivity index (χ3n) is 3.09. The van der Waals surface area contributed by atoms with Crippen molar-refractivity contribution in [2.45, 2.75) is 45.8 Å². The lowest BCUT2D eigenvalue weighted by Gasteiger charge is -2.24. The van der Waals surface area contributed by atoms with Gasteiger partial charge in [-0.2, -0.15) is 0 Å². The van der Waals surface area contributed by atoms with E-state index in [1.807, 2.05) is 40.1 Å². The van der Waals surface area contributed by atoms with Crippen LogP contribution in [0.15, 0.2) is 18.5 Å². The van der Waals surface area contributed by atoms with E-state index < -0.39 is 5.60 Å². The highest BCUT2D eigenvalue weighted by molar-refractivity contribution is 5.68. The summed E-state index contributed by atoms with van der Waals surface area (Å²) in [5.41, 5.74) is 1.68. The molecule has 1 N–H and O–H groups in total. The second-order valence-corrected chi connectivity index (χ2v) is 6.31. The van der Waals surface area contributed by atoms with Crippen molar-refractivity contribution < 1.29 is 9.53 Å². The largest absolute Gasteiger partial charge is 0.444 e. The highest BCUT2D eigenvalue weighted by atomic mass is 16.6. The van der Waals surface area contributed by atoms with Gasteiger partial charge in [-0.25, -0.2) is 4.79 Å². The summed E-state index contributed by atoms with van der Waals surface area (Å²) in [6.07, 6.45) is 4.33. The normalized spacial score (nSPS) is 19.0. The lowest BCUT2D eigenvalue weighted by Crippen LogP contribution is -2.36. The molecule has 2 rings (SSSR count). The van der Waals surface area contributed by atoms with Crippen LogP contribution in [0, 0.1) is 6.92 Å². The smallest absolute Gasteiger partial charge is 0.410 e. The van der Waals surface area contributed by atoms with Crippen LogP contribution in [0.5, 0.6) is 0 Å². The molecule has 1 fully saturated rings. The number of aryl methyl sites for hydroxylation is 1. The van der Waals surface area contributed by atoms with Crippen LogP contribution in [0.4, 0.5) is 10.5 Å². The molecule has 20 heavy (non-hydrogen) atoms. The Hall–Kier alpha value is -1.78. The fourth-order valence-corrected chi connectivity index (χ4v) is 2.24. The average Bonchev–Trinajstić information content (AvgIpc) is 2.75.